The summed E-state index contributed by atoms with van der Waals surface area (Å²) in [7, 11) is 0. The Morgan fingerprint density at radius 2 is 1.89 bits per heavy atom. The Balaban J connectivity index is 1.68. The van der Waals surface area contributed by atoms with Crippen molar-refractivity contribution in [2.45, 2.75) is 53.1 Å². The van der Waals surface area contributed by atoms with Gasteiger partial charge in [0.2, 0.25) is 0 Å². The van der Waals surface area contributed by atoms with E-state index in [1.165, 1.54) is 0 Å². The van der Waals surface area contributed by atoms with Gasteiger partial charge in [0.1, 0.15) is 0 Å². The smallest absolute Gasteiger partial charge is 0.289 e. The lowest BCUT2D eigenvalue weighted by atomic mass is 10.0. The van der Waals surface area contributed by atoms with Crippen molar-refractivity contribution >= 4 is 5.91 Å². The number of tetrazole rings is 1. The fraction of sp³-hybridized carbons (Fsp3) is 0.700. The summed E-state index contributed by atoms with van der Waals surface area (Å²) in [5, 5.41) is 12.6. The van der Waals surface area contributed by atoms with Crippen LogP contribution in [0.4, 0.5) is 0 Å². The van der Waals surface area contributed by atoms with Crippen molar-refractivity contribution in [3.63, 3.8) is 0 Å². The third-order valence-corrected chi connectivity index (χ3v) is 5.24. The number of nitrogens with zero attached hydrogens (tertiary/aromatic N) is 6. The summed E-state index contributed by atoms with van der Waals surface area (Å²) in [6.45, 7) is 12.7. The van der Waals surface area contributed by atoms with Crippen LogP contribution < -0.4 is 0 Å². The highest BCUT2D eigenvalue weighted by molar-refractivity contribution is 5.91. The second-order valence-electron chi connectivity index (χ2n) is 8.39. The van der Waals surface area contributed by atoms with Gasteiger partial charge in [-0.15, -0.1) is 5.10 Å². The highest BCUT2D eigenvalue weighted by atomic mass is 16.3. The summed E-state index contributed by atoms with van der Waals surface area (Å²) in [6.07, 6.45) is 3.59. The first-order valence-corrected chi connectivity index (χ1v) is 10.3. The fourth-order valence-electron chi connectivity index (χ4n) is 3.65. The van der Waals surface area contributed by atoms with Crippen LogP contribution in [-0.2, 0) is 6.54 Å². The molecular formula is C20H32N6O2. The van der Waals surface area contributed by atoms with Crippen LogP contribution in [0.5, 0.6) is 0 Å². The molecule has 0 spiro atoms. The lowest BCUT2D eigenvalue weighted by Crippen LogP contribution is -2.50. The van der Waals surface area contributed by atoms with Crippen molar-refractivity contribution in [3.8, 4) is 0 Å². The molecule has 1 aliphatic heterocycles. The van der Waals surface area contributed by atoms with Crippen molar-refractivity contribution < 1.29 is 9.21 Å². The van der Waals surface area contributed by atoms with Gasteiger partial charge in [-0.2, -0.15) is 0 Å². The monoisotopic (exact) mass is 388 g/mol. The van der Waals surface area contributed by atoms with E-state index >= 15 is 0 Å². The summed E-state index contributed by atoms with van der Waals surface area (Å²) in [5.41, 5.74) is 0. The first-order chi connectivity index (χ1) is 13.5. The van der Waals surface area contributed by atoms with E-state index in [4.69, 9.17) is 4.42 Å². The average molecular weight is 389 g/mol. The number of aromatic nitrogens is 4. The van der Waals surface area contributed by atoms with E-state index in [0.717, 1.165) is 38.3 Å². The van der Waals surface area contributed by atoms with Crippen LogP contribution in [0.2, 0.25) is 0 Å². The molecule has 8 heteroatoms. The summed E-state index contributed by atoms with van der Waals surface area (Å²) in [5.74, 6) is 2.46. The van der Waals surface area contributed by atoms with E-state index in [2.05, 4.69) is 48.1 Å². The van der Waals surface area contributed by atoms with E-state index < -0.39 is 0 Å². The molecule has 3 rings (SSSR count). The molecule has 0 radical (unpaired) electrons. The number of carbonyl (C=O) groups is 1. The number of rotatable bonds is 8. The molecule has 1 amide bonds. The summed E-state index contributed by atoms with van der Waals surface area (Å²) >= 11 is 0. The topological polar surface area (TPSA) is 80.3 Å². The van der Waals surface area contributed by atoms with Gasteiger partial charge in [0, 0.05) is 32.7 Å². The minimum Gasteiger partial charge on any atom is -0.459 e. The zero-order chi connectivity index (χ0) is 20.1. The minimum absolute atomic E-state index is 0.0353. The molecule has 154 valence electrons. The van der Waals surface area contributed by atoms with Crippen LogP contribution >= 0.6 is 0 Å². The summed E-state index contributed by atoms with van der Waals surface area (Å²) < 4.78 is 7.23. The maximum atomic E-state index is 12.5. The van der Waals surface area contributed by atoms with Gasteiger partial charge in [-0.05, 0) is 47.2 Å². The molecule has 0 N–H and O–H groups in total. The summed E-state index contributed by atoms with van der Waals surface area (Å²) in [4.78, 5) is 16.8. The quantitative estimate of drug-likeness (QED) is 0.692. The van der Waals surface area contributed by atoms with Crippen molar-refractivity contribution in [3.05, 3.63) is 30.0 Å². The van der Waals surface area contributed by atoms with E-state index in [9.17, 15) is 4.79 Å². The first kappa shape index (κ1) is 20.5. The van der Waals surface area contributed by atoms with E-state index in [-0.39, 0.29) is 11.9 Å². The number of hydrogen-bond acceptors (Lipinski definition) is 6. The maximum Gasteiger partial charge on any atom is 0.289 e. The zero-order valence-electron chi connectivity index (χ0n) is 17.4. The Labute approximate surface area is 166 Å². The first-order valence-electron chi connectivity index (χ1n) is 10.3. The Bertz CT molecular complexity index is 732. The number of piperazine rings is 1. The van der Waals surface area contributed by atoms with Gasteiger partial charge in [0.05, 0.1) is 12.3 Å². The molecule has 8 nitrogen and oxygen atoms in total. The minimum atomic E-state index is -0.0353. The molecular weight excluding hydrogens is 356 g/mol. The molecule has 0 aliphatic carbocycles. The van der Waals surface area contributed by atoms with Gasteiger partial charge in [-0.1, -0.05) is 27.7 Å². The molecule has 28 heavy (non-hydrogen) atoms. The number of aryl methyl sites for hydroxylation is 1. The van der Waals surface area contributed by atoms with Crippen LogP contribution in [-0.4, -0.2) is 62.1 Å². The number of furan rings is 1. The number of amides is 1. The predicted octanol–water partition coefficient (Wildman–Crippen LogP) is 2.86. The number of hydrogen-bond donors (Lipinski definition) is 0. The molecule has 1 aliphatic rings. The Morgan fingerprint density at radius 1 is 1.14 bits per heavy atom. The molecule has 1 fully saturated rings. The fourth-order valence-corrected chi connectivity index (χ4v) is 3.65. The molecule has 0 saturated carbocycles. The lowest BCUT2D eigenvalue weighted by Gasteiger charge is -2.39. The standard InChI is InChI=1S/C20H32N6O2/c1-15(2)7-8-26-19(21-22-23-26)17(14-16(3)4)24-9-11-25(12-10-24)20(27)18-6-5-13-28-18/h5-6,13,15-17H,7-12,14H2,1-4H3. The van der Waals surface area contributed by atoms with Crippen LogP contribution in [0.3, 0.4) is 0 Å². The maximum absolute atomic E-state index is 12.5. The SMILES string of the molecule is CC(C)CCn1nnnc1C(CC(C)C)N1CCN(C(=O)c2ccco2)CC1. The Kier molecular flexibility index (Phi) is 6.83. The molecule has 1 saturated heterocycles. The highest BCUT2D eigenvalue weighted by Crippen LogP contribution is 2.27. The predicted molar refractivity (Wildman–Crippen MR) is 106 cm³/mol. The largest absolute Gasteiger partial charge is 0.459 e. The van der Waals surface area contributed by atoms with E-state index in [0.29, 0.717) is 30.7 Å². The van der Waals surface area contributed by atoms with Crippen LogP contribution in [0.1, 0.15) is 63.0 Å². The zero-order valence-corrected chi connectivity index (χ0v) is 17.4. The molecule has 1 atom stereocenters. The molecule has 1 unspecified atom stereocenters. The van der Waals surface area contributed by atoms with Gasteiger partial charge in [0.25, 0.3) is 5.91 Å². The normalized spacial score (nSPS) is 16.9. The van der Waals surface area contributed by atoms with Crippen molar-refractivity contribution in [1.29, 1.82) is 0 Å². The van der Waals surface area contributed by atoms with E-state index in [1.54, 1.807) is 18.4 Å². The molecule has 0 aromatic carbocycles. The van der Waals surface area contributed by atoms with Gasteiger partial charge in [-0.3, -0.25) is 9.69 Å². The van der Waals surface area contributed by atoms with Gasteiger partial charge >= 0.3 is 0 Å². The molecule has 2 aromatic rings. The highest BCUT2D eigenvalue weighted by Gasteiger charge is 2.31. The van der Waals surface area contributed by atoms with Gasteiger partial charge < -0.3 is 9.32 Å². The third kappa shape index (κ3) is 4.98. The lowest BCUT2D eigenvalue weighted by molar-refractivity contribution is 0.0499. The number of carbonyl (C=O) groups excluding carboxylic acids is 1. The second kappa shape index (κ2) is 9.32. The van der Waals surface area contributed by atoms with Gasteiger partial charge in [-0.25, -0.2) is 4.68 Å². The van der Waals surface area contributed by atoms with Crippen molar-refractivity contribution in [2.75, 3.05) is 26.2 Å². The second-order valence-corrected chi connectivity index (χ2v) is 8.39. The van der Waals surface area contributed by atoms with Crippen LogP contribution in [0, 0.1) is 11.8 Å². The van der Waals surface area contributed by atoms with Crippen molar-refractivity contribution in [1.82, 2.24) is 30.0 Å². The third-order valence-electron chi connectivity index (χ3n) is 5.24. The Hall–Kier alpha value is -2.22. The average Bonchev–Trinajstić information content (AvgIpc) is 3.35. The molecule has 0 bridgehead atoms. The van der Waals surface area contributed by atoms with E-state index in [1.807, 2.05) is 9.58 Å². The molecule has 2 aromatic heterocycles. The van der Waals surface area contributed by atoms with Crippen LogP contribution in [0.25, 0.3) is 0 Å². The molecule has 3 heterocycles. The van der Waals surface area contributed by atoms with Gasteiger partial charge in [0.15, 0.2) is 11.6 Å². The summed E-state index contributed by atoms with van der Waals surface area (Å²) in [6, 6.07) is 3.64. The van der Waals surface area contributed by atoms with Crippen LogP contribution in [0.15, 0.2) is 22.8 Å². The Morgan fingerprint density at radius 3 is 2.50 bits per heavy atom. The van der Waals surface area contributed by atoms with Crippen molar-refractivity contribution in [2.24, 2.45) is 11.8 Å².